The fourth-order valence-electron chi connectivity index (χ4n) is 2.82. The predicted octanol–water partition coefficient (Wildman–Crippen LogP) is 4.34. The largest absolute Gasteiger partial charge is 0.465 e. The second-order valence-electron chi connectivity index (χ2n) is 5.45. The number of aromatic nitrogens is 1. The quantitative estimate of drug-likeness (QED) is 0.721. The molecule has 1 aliphatic heterocycles. The normalized spacial score (nSPS) is 19.9. The molecule has 112 valence electrons. The maximum absolute atomic E-state index is 6.19. The van der Waals surface area contributed by atoms with Crippen LogP contribution >= 0.6 is 0 Å². The number of pyridine rings is 1. The van der Waals surface area contributed by atoms with E-state index in [0.717, 1.165) is 16.8 Å². The maximum atomic E-state index is 6.19. The summed E-state index contributed by atoms with van der Waals surface area (Å²) >= 11 is 0. The van der Waals surface area contributed by atoms with Crippen LogP contribution in [0.25, 0.3) is 0 Å². The van der Waals surface area contributed by atoms with Crippen LogP contribution in [0.4, 0.5) is 0 Å². The molecule has 1 aliphatic rings. The number of hydrogen-bond acceptors (Lipinski definition) is 3. The van der Waals surface area contributed by atoms with Crippen molar-refractivity contribution in [3.8, 4) is 0 Å². The van der Waals surface area contributed by atoms with Crippen molar-refractivity contribution in [2.24, 2.45) is 4.99 Å². The molecule has 0 aliphatic carbocycles. The Hall–Kier alpha value is -2.94. The van der Waals surface area contributed by atoms with E-state index >= 15 is 0 Å². The molecule has 0 amide bonds. The standard InChI is InChI=1S/C20H16N2O/c1-3-9-15(10-4-1)18-19(16-11-5-2-6-12-16)23-20(22-18)17-13-7-8-14-21-17/h1-14,18-19H/t18-,19+/m0/s1. The van der Waals surface area contributed by atoms with Gasteiger partial charge in [-0.15, -0.1) is 0 Å². The van der Waals surface area contributed by atoms with Crippen molar-refractivity contribution in [1.82, 2.24) is 4.98 Å². The molecule has 0 fully saturated rings. The highest BCUT2D eigenvalue weighted by atomic mass is 16.5. The van der Waals surface area contributed by atoms with Gasteiger partial charge in [0.25, 0.3) is 0 Å². The zero-order valence-corrected chi connectivity index (χ0v) is 12.5. The molecule has 3 nitrogen and oxygen atoms in total. The Morgan fingerprint density at radius 2 is 1.35 bits per heavy atom. The first-order chi connectivity index (χ1) is 11.4. The topological polar surface area (TPSA) is 34.5 Å². The van der Waals surface area contributed by atoms with Crippen LogP contribution in [0.5, 0.6) is 0 Å². The molecule has 1 aromatic heterocycles. The van der Waals surface area contributed by atoms with E-state index in [9.17, 15) is 0 Å². The van der Waals surface area contributed by atoms with Gasteiger partial charge in [0.2, 0.25) is 5.90 Å². The molecule has 4 rings (SSSR count). The van der Waals surface area contributed by atoms with Crippen LogP contribution in [-0.4, -0.2) is 10.9 Å². The van der Waals surface area contributed by atoms with E-state index in [0.29, 0.717) is 5.90 Å². The SMILES string of the molecule is c1ccc([C@H]2OC(c3ccccn3)=N[C@H]2c2ccccc2)cc1. The van der Waals surface area contributed by atoms with Gasteiger partial charge in [0.05, 0.1) is 0 Å². The van der Waals surface area contributed by atoms with E-state index in [2.05, 4.69) is 29.2 Å². The number of benzene rings is 2. The van der Waals surface area contributed by atoms with Crippen LogP contribution in [-0.2, 0) is 4.74 Å². The van der Waals surface area contributed by atoms with Gasteiger partial charge in [0, 0.05) is 6.20 Å². The number of hydrogen-bond donors (Lipinski definition) is 0. The van der Waals surface area contributed by atoms with Crippen molar-refractivity contribution >= 4 is 5.90 Å². The first kappa shape index (κ1) is 13.7. The van der Waals surface area contributed by atoms with E-state index in [1.54, 1.807) is 6.20 Å². The molecule has 3 aromatic rings. The highest BCUT2D eigenvalue weighted by Gasteiger charge is 2.34. The van der Waals surface area contributed by atoms with Crippen molar-refractivity contribution in [1.29, 1.82) is 0 Å². The smallest absolute Gasteiger partial charge is 0.236 e. The summed E-state index contributed by atoms with van der Waals surface area (Å²) in [5.74, 6) is 0.605. The maximum Gasteiger partial charge on any atom is 0.236 e. The first-order valence-corrected chi connectivity index (χ1v) is 7.67. The Kier molecular flexibility index (Phi) is 3.60. The van der Waals surface area contributed by atoms with Crippen molar-refractivity contribution in [2.45, 2.75) is 12.1 Å². The summed E-state index contributed by atoms with van der Waals surface area (Å²) in [5, 5.41) is 0. The van der Waals surface area contributed by atoms with E-state index in [1.807, 2.05) is 54.6 Å². The third kappa shape index (κ3) is 2.73. The third-order valence-corrected chi connectivity index (χ3v) is 3.93. The highest BCUT2D eigenvalue weighted by molar-refractivity contribution is 5.93. The molecule has 2 atom stereocenters. The van der Waals surface area contributed by atoms with Crippen LogP contribution in [0.2, 0.25) is 0 Å². The van der Waals surface area contributed by atoms with Crippen LogP contribution < -0.4 is 0 Å². The van der Waals surface area contributed by atoms with Crippen molar-refractivity contribution in [2.75, 3.05) is 0 Å². The van der Waals surface area contributed by atoms with Gasteiger partial charge in [-0.2, -0.15) is 0 Å². The Balaban J connectivity index is 1.75. The summed E-state index contributed by atoms with van der Waals surface area (Å²) < 4.78 is 6.19. The average Bonchev–Trinajstić information content (AvgIpc) is 3.09. The Morgan fingerprint density at radius 1 is 0.696 bits per heavy atom. The molecule has 0 bridgehead atoms. The lowest BCUT2D eigenvalue weighted by Gasteiger charge is -2.18. The van der Waals surface area contributed by atoms with Gasteiger partial charge in [-0.05, 0) is 23.3 Å². The Labute approximate surface area is 135 Å². The van der Waals surface area contributed by atoms with Gasteiger partial charge < -0.3 is 4.74 Å². The summed E-state index contributed by atoms with van der Waals surface area (Å²) in [6.07, 6.45) is 1.63. The number of ether oxygens (including phenoxy) is 1. The first-order valence-electron chi connectivity index (χ1n) is 7.67. The zero-order valence-electron chi connectivity index (χ0n) is 12.5. The lowest BCUT2D eigenvalue weighted by atomic mass is 9.97. The number of nitrogens with zero attached hydrogens (tertiary/aromatic N) is 2. The third-order valence-electron chi connectivity index (χ3n) is 3.93. The minimum Gasteiger partial charge on any atom is -0.465 e. The minimum atomic E-state index is -0.129. The molecule has 0 saturated heterocycles. The van der Waals surface area contributed by atoms with Crippen LogP contribution in [0.1, 0.15) is 29.0 Å². The summed E-state index contributed by atoms with van der Waals surface area (Å²) in [5.41, 5.74) is 3.04. The molecule has 0 radical (unpaired) electrons. The van der Waals surface area contributed by atoms with Gasteiger partial charge in [-0.1, -0.05) is 66.7 Å². The molecule has 2 heterocycles. The van der Waals surface area contributed by atoms with Crippen LogP contribution in [0.15, 0.2) is 90.1 Å². The molecule has 2 aromatic carbocycles. The molecule has 3 heteroatoms. The second-order valence-corrected chi connectivity index (χ2v) is 5.45. The number of aliphatic imine (C=N–C) groups is 1. The Morgan fingerprint density at radius 3 is 2.00 bits per heavy atom. The molecule has 0 spiro atoms. The van der Waals surface area contributed by atoms with Crippen molar-refractivity contribution in [3.05, 3.63) is 102 Å². The highest BCUT2D eigenvalue weighted by Crippen LogP contribution is 2.40. The average molecular weight is 300 g/mol. The summed E-state index contributed by atoms with van der Waals surface area (Å²) in [6.45, 7) is 0. The van der Waals surface area contributed by atoms with E-state index < -0.39 is 0 Å². The van der Waals surface area contributed by atoms with E-state index in [-0.39, 0.29) is 12.1 Å². The molecule has 0 unspecified atom stereocenters. The van der Waals surface area contributed by atoms with Gasteiger partial charge in [-0.3, -0.25) is 4.98 Å². The fourth-order valence-corrected chi connectivity index (χ4v) is 2.82. The molecule has 0 N–H and O–H groups in total. The lowest BCUT2D eigenvalue weighted by molar-refractivity contribution is 0.196. The number of rotatable bonds is 3. The predicted molar refractivity (Wildman–Crippen MR) is 90.2 cm³/mol. The zero-order chi connectivity index (χ0) is 15.5. The van der Waals surface area contributed by atoms with Crippen molar-refractivity contribution < 1.29 is 4.74 Å². The second kappa shape index (κ2) is 6.05. The van der Waals surface area contributed by atoms with Crippen LogP contribution in [0, 0.1) is 0 Å². The van der Waals surface area contributed by atoms with Crippen LogP contribution in [0.3, 0.4) is 0 Å². The molecular formula is C20H16N2O. The lowest BCUT2D eigenvalue weighted by Crippen LogP contribution is -2.09. The Bertz CT molecular complexity index is 801. The molecule has 23 heavy (non-hydrogen) atoms. The fraction of sp³-hybridized carbons (Fsp3) is 0.100. The van der Waals surface area contributed by atoms with Gasteiger partial charge >= 0.3 is 0 Å². The summed E-state index contributed by atoms with van der Waals surface area (Å²) in [6, 6.07) is 26.2. The van der Waals surface area contributed by atoms with E-state index in [1.165, 1.54) is 0 Å². The van der Waals surface area contributed by atoms with Gasteiger partial charge in [-0.25, -0.2) is 4.99 Å². The van der Waals surface area contributed by atoms with Gasteiger partial charge in [0.15, 0.2) is 6.10 Å². The van der Waals surface area contributed by atoms with Crippen molar-refractivity contribution in [3.63, 3.8) is 0 Å². The minimum absolute atomic E-state index is 0.0596. The molecular weight excluding hydrogens is 284 g/mol. The molecule has 0 saturated carbocycles. The van der Waals surface area contributed by atoms with Gasteiger partial charge in [0.1, 0.15) is 11.7 Å². The summed E-state index contributed by atoms with van der Waals surface area (Å²) in [4.78, 5) is 9.18. The monoisotopic (exact) mass is 300 g/mol. The van der Waals surface area contributed by atoms with E-state index in [4.69, 9.17) is 9.73 Å². The summed E-state index contributed by atoms with van der Waals surface area (Å²) in [7, 11) is 0.